The molecule has 0 unspecified atom stereocenters. The summed E-state index contributed by atoms with van der Waals surface area (Å²) in [5.74, 6) is -1.34. The molecule has 0 aromatic carbocycles. The lowest BCUT2D eigenvalue weighted by atomic mass is 10.1. The van der Waals surface area contributed by atoms with Crippen LogP contribution in [0.1, 0.15) is 36.1 Å². The maximum Gasteiger partial charge on any atom is 0.329 e. The highest BCUT2D eigenvalue weighted by atomic mass is 32.2. The predicted octanol–water partition coefficient (Wildman–Crippen LogP) is 0.622. The van der Waals surface area contributed by atoms with Crippen LogP contribution in [0.5, 0.6) is 0 Å². The number of oxazole rings is 1. The number of rotatable bonds is 0. The molecule has 3 heterocycles. The highest BCUT2D eigenvalue weighted by Crippen LogP contribution is 2.22. The van der Waals surface area contributed by atoms with Crippen molar-refractivity contribution in [2.75, 3.05) is 12.3 Å². The summed E-state index contributed by atoms with van der Waals surface area (Å²) in [4.78, 5) is 42.3. The van der Waals surface area contributed by atoms with Gasteiger partial charge in [0.05, 0.1) is 23.5 Å². The van der Waals surface area contributed by atoms with E-state index in [1.54, 1.807) is 31.2 Å². The molecule has 0 spiro atoms. The number of fused-ring (bicyclic) bond motifs is 5. The Morgan fingerprint density at radius 2 is 2.00 bits per heavy atom. The van der Waals surface area contributed by atoms with Crippen LogP contribution in [0.3, 0.4) is 0 Å². The zero-order valence-corrected chi connectivity index (χ0v) is 18.9. The van der Waals surface area contributed by atoms with Crippen LogP contribution in [0.25, 0.3) is 0 Å². The SMILES string of the molecule is C[C@@H]1C/C=C2\SC[C@@H](NC(=O)c3coc(n3)C[C@H](O)C[C@H](O)/C=C/C=C/CNC2=O)C(=O)O1. The van der Waals surface area contributed by atoms with Crippen molar-refractivity contribution >= 4 is 29.5 Å². The van der Waals surface area contributed by atoms with Crippen molar-refractivity contribution in [3.8, 4) is 0 Å². The maximum absolute atomic E-state index is 12.6. The van der Waals surface area contributed by atoms with Crippen LogP contribution in [0, 0.1) is 0 Å². The zero-order valence-electron chi connectivity index (χ0n) is 18.1. The third-order valence-corrected chi connectivity index (χ3v) is 6.00. The molecule has 4 bridgehead atoms. The summed E-state index contributed by atoms with van der Waals surface area (Å²) in [6.45, 7) is 1.97. The average molecular weight is 478 g/mol. The lowest BCUT2D eigenvalue weighted by molar-refractivity contribution is -0.149. The molecule has 0 radical (unpaired) electrons. The fraction of sp³-hybridized carbons (Fsp3) is 0.455. The molecule has 4 N–H and O–H groups in total. The Morgan fingerprint density at radius 3 is 2.82 bits per heavy atom. The number of nitrogens with one attached hydrogen (secondary N) is 2. The number of hydrogen-bond donors (Lipinski definition) is 4. The van der Waals surface area contributed by atoms with Gasteiger partial charge in [0, 0.05) is 25.1 Å². The van der Waals surface area contributed by atoms with E-state index in [-0.39, 0.29) is 42.6 Å². The summed E-state index contributed by atoms with van der Waals surface area (Å²) in [5, 5.41) is 25.6. The second kappa shape index (κ2) is 11.8. The number of carbonyl (C=O) groups excluding carboxylic acids is 3. The molecule has 1 aromatic rings. The molecule has 2 amide bonds. The first-order valence-corrected chi connectivity index (χ1v) is 11.6. The molecule has 0 fully saturated rings. The second-order valence-electron chi connectivity index (χ2n) is 7.70. The molecule has 0 aliphatic carbocycles. The Hall–Kier alpha value is -2.89. The Kier molecular flexibility index (Phi) is 8.87. The quantitative estimate of drug-likeness (QED) is 0.394. The molecular weight excluding hydrogens is 450 g/mol. The lowest BCUT2D eigenvalue weighted by Gasteiger charge is -2.18. The largest absolute Gasteiger partial charge is 0.461 e. The van der Waals surface area contributed by atoms with Crippen molar-refractivity contribution in [1.29, 1.82) is 0 Å². The number of aliphatic hydroxyl groups is 2. The highest BCUT2D eigenvalue weighted by molar-refractivity contribution is 8.04. The Balaban J connectivity index is 1.84. The minimum atomic E-state index is -1.00. The van der Waals surface area contributed by atoms with E-state index in [0.717, 1.165) is 18.0 Å². The predicted molar refractivity (Wildman–Crippen MR) is 120 cm³/mol. The molecule has 4 atom stereocenters. The molecule has 33 heavy (non-hydrogen) atoms. The van der Waals surface area contributed by atoms with E-state index >= 15 is 0 Å². The molecular formula is C22H27N3O7S. The summed E-state index contributed by atoms with van der Waals surface area (Å²) < 4.78 is 10.7. The van der Waals surface area contributed by atoms with Gasteiger partial charge in [0.1, 0.15) is 18.4 Å². The van der Waals surface area contributed by atoms with E-state index < -0.39 is 36.2 Å². The normalized spacial score (nSPS) is 31.5. The number of ether oxygens (including phenoxy) is 1. The van der Waals surface area contributed by atoms with Crippen molar-refractivity contribution in [1.82, 2.24) is 15.6 Å². The van der Waals surface area contributed by atoms with Gasteiger partial charge in [0.25, 0.3) is 11.8 Å². The Labute approximate surface area is 195 Å². The molecule has 0 saturated heterocycles. The number of aromatic nitrogens is 1. The summed E-state index contributed by atoms with van der Waals surface area (Å²) in [5.41, 5.74) is -0.0589. The minimum absolute atomic E-state index is 0.00699. The number of esters is 1. The van der Waals surface area contributed by atoms with Crippen molar-refractivity contribution in [3.05, 3.63) is 53.1 Å². The number of carbonyl (C=O) groups is 3. The monoisotopic (exact) mass is 477 g/mol. The molecule has 1 aromatic heterocycles. The third kappa shape index (κ3) is 7.58. The van der Waals surface area contributed by atoms with E-state index in [9.17, 15) is 24.6 Å². The topological polar surface area (TPSA) is 151 Å². The van der Waals surface area contributed by atoms with Gasteiger partial charge in [-0.2, -0.15) is 0 Å². The van der Waals surface area contributed by atoms with Crippen molar-refractivity contribution in [2.45, 2.75) is 50.5 Å². The van der Waals surface area contributed by atoms with Crippen LogP contribution in [-0.2, 0) is 20.7 Å². The number of allylic oxidation sites excluding steroid dienone is 2. The third-order valence-electron chi connectivity index (χ3n) is 4.84. The molecule has 2 aliphatic rings. The lowest BCUT2D eigenvalue weighted by Crippen LogP contribution is -2.44. The van der Waals surface area contributed by atoms with Gasteiger partial charge in [-0.1, -0.05) is 30.4 Å². The average Bonchev–Trinajstić information content (AvgIpc) is 3.23. The standard InChI is InChI=1S/C22H27N3O7S/c1-13-6-7-18-21(29)23-8-4-2-3-5-14(26)9-15(27)10-19-24-16(11-31-19)20(28)25-17(12-33-18)22(30)32-13/h2-5,7,11,13-15,17,26-27H,6,8-10,12H2,1H3,(H,23,29)(H,25,28)/b4-2+,5-3+,18-7-/t13-,14-,15-,17-/m1/s1. The van der Waals surface area contributed by atoms with E-state index in [1.807, 2.05) is 0 Å². The van der Waals surface area contributed by atoms with Gasteiger partial charge >= 0.3 is 5.97 Å². The maximum atomic E-state index is 12.6. The number of nitrogens with zero attached hydrogens (tertiary/aromatic N) is 1. The van der Waals surface area contributed by atoms with Gasteiger partial charge < -0.3 is 30.0 Å². The van der Waals surface area contributed by atoms with Crippen LogP contribution in [0.2, 0.25) is 0 Å². The van der Waals surface area contributed by atoms with Crippen molar-refractivity contribution in [3.63, 3.8) is 0 Å². The second-order valence-corrected chi connectivity index (χ2v) is 8.76. The molecule has 3 rings (SSSR count). The fourth-order valence-electron chi connectivity index (χ4n) is 3.12. The van der Waals surface area contributed by atoms with Gasteiger partial charge in [-0.05, 0) is 6.92 Å². The van der Waals surface area contributed by atoms with E-state index in [4.69, 9.17) is 9.15 Å². The number of thioether (sulfide) groups is 1. The minimum Gasteiger partial charge on any atom is -0.461 e. The first kappa shape index (κ1) is 24.7. The highest BCUT2D eigenvalue weighted by Gasteiger charge is 2.28. The molecule has 11 heteroatoms. The van der Waals surface area contributed by atoms with Crippen molar-refractivity contribution < 1.29 is 33.8 Å². The zero-order chi connectivity index (χ0) is 23.8. The summed E-state index contributed by atoms with van der Waals surface area (Å²) in [6.07, 6.45) is 7.47. The van der Waals surface area contributed by atoms with E-state index in [1.165, 1.54) is 6.08 Å². The number of cyclic esters (lactones) is 1. The summed E-state index contributed by atoms with van der Waals surface area (Å²) >= 11 is 1.15. The van der Waals surface area contributed by atoms with Gasteiger partial charge in [0.2, 0.25) is 0 Å². The first-order chi connectivity index (χ1) is 15.8. The fourth-order valence-corrected chi connectivity index (χ4v) is 4.10. The van der Waals surface area contributed by atoms with Crippen LogP contribution >= 0.6 is 11.8 Å². The van der Waals surface area contributed by atoms with Gasteiger partial charge in [-0.25, -0.2) is 9.78 Å². The van der Waals surface area contributed by atoms with Gasteiger partial charge in [-0.15, -0.1) is 11.8 Å². The van der Waals surface area contributed by atoms with E-state index in [0.29, 0.717) is 11.3 Å². The Morgan fingerprint density at radius 1 is 1.18 bits per heavy atom. The molecule has 2 aliphatic heterocycles. The van der Waals surface area contributed by atoms with Crippen LogP contribution < -0.4 is 10.6 Å². The smallest absolute Gasteiger partial charge is 0.329 e. The van der Waals surface area contributed by atoms with Crippen LogP contribution in [-0.4, -0.2) is 69.6 Å². The van der Waals surface area contributed by atoms with Crippen LogP contribution in [0.15, 0.2) is 46.0 Å². The van der Waals surface area contributed by atoms with Gasteiger partial charge in [0.15, 0.2) is 11.6 Å². The van der Waals surface area contributed by atoms with Gasteiger partial charge in [-0.3, -0.25) is 9.59 Å². The molecule has 0 saturated carbocycles. The summed E-state index contributed by atoms with van der Waals surface area (Å²) in [6, 6.07) is -1.00. The summed E-state index contributed by atoms with van der Waals surface area (Å²) in [7, 11) is 0. The molecule has 10 nitrogen and oxygen atoms in total. The van der Waals surface area contributed by atoms with Crippen LogP contribution in [0.4, 0.5) is 0 Å². The van der Waals surface area contributed by atoms with E-state index in [2.05, 4.69) is 15.6 Å². The number of hydrogen-bond acceptors (Lipinski definition) is 9. The number of amides is 2. The van der Waals surface area contributed by atoms with Crippen molar-refractivity contribution in [2.24, 2.45) is 0 Å². The molecule has 178 valence electrons. The number of aliphatic hydroxyl groups excluding tert-OH is 2. The first-order valence-electron chi connectivity index (χ1n) is 10.6. The Bertz CT molecular complexity index is 956.